The fourth-order valence-electron chi connectivity index (χ4n) is 3.75. The predicted molar refractivity (Wildman–Crippen MR) is 110 cm³/mol. The van der Waals surface area contributed by atoms with Crippen LogP contribution in [-0.4, -0.2) is 52.5 Å². The molecule has 9 heteroatoms. The third-order valence-corrected chi connectivity index (χ3v) is 5.19. The van der Waals surface area contributed by atoms with Crippen LogP contribution in [0, 0.1) is 6.92 Å². The molecule has 29 heavy (non-hydrogen) atoms. The average molecular weight is 389 g/mol. The van der Waals surface area contributed by atoms with Crippen LogP contribution >= 0.6 is 0 Å². The zero-order valence-corrected chi connectivity index (χ0v) is 16.3. The molecular formula is C20H23N9. The Morgan fingerprint density at radius 1 is 1.03 bits per heavy atom. The maximum atomic E-state index is 4.63. The van der Waals surface area contributed by atoms with Gasteiger partial charge >= 0.3 is 0 Å². The van der Waals surface area contributed by atoms with E-state index in [1.54, 1.807) is 6.20 Å². The number of fused-ring (bicyclic) bond motifs is 1. The van der Waals surface area contributed by atoms with Crippen molar-refractivity contribution in [3.8, 4) is 11.3 Å². The predicted octanol–water partition coefficient (Wildman–Crippen LogP) is 2.95. The Balaban J connectivity index is 1.38. The lowest BCUT2D eigenvalue weighted by atomic mass is 10.1. The third-order valence-electron chi connectivity index (χ3n) is 5.19. The molecule has 2 N–H and O–H groups in total. The van der Waals surface area contributed by atoms with E-state index >= 15 is 0 Å². The maximum absolute atomic E-state index is 4.63. The summed E-state index contributed by atoms with van der Waals surface area (Å²) in [5, 5.41) is 10.2. The first-order chi connectivity index (χ1) is 14.3. The smallest absolute Gasteiger partial charge is 0.180 e. The van der Waals surface area contributed by atoms with Crippen LogP contribution in [0.1, 0.15) is 30.8 Å². The lowest BCUT2D eigenvalue weighted by Gasteiger charge is -2.25. The van der Waals surface area contributed by atoms with E-state index in [-0.39, 0.29) is 0 Å². The zero-order chi connectivity index (χ0) is 19.6. The molecule has 0 saturated carbocycles. The number of hydrogen-bond donors (Lipinski definition) is 2. The van der Waals surface area contributed by atoms with Gasteiger partial charge in [0, 0.05) is 18.0 Å². The molecular weight excluding hydrogens is 366 g/mol. The Hall–Kier alpha value is -3.33. The van der Waals surface area contributed by atoms with Gasteiger partial charge in [-0.15, -0.1) is 0 Å². The quantitative estimate of drug-likeness (QED) is 0.541. The number of imidazole rings is 1. The second kappa shape index (κ2) is 7.59. The number of likely N-dealkylation sites (tertiary alicyclic amines) is 1. The SMILES string of the molecule is Cc1cn2c(-c3cn[nH]c3)cnc2c(Nc2cnc(CN3CCCCC3)nc2)n1. The van der Waals surface area contributed by atoms with Crippen molar-refractivity contribution in [3.05, 3.63) is 48.7 Å². The molecule has 0 radical (unpaired) electrons. The van der Waals surface area contributed by atoms with Crippen molar-refractivity contribution in [2.45, 2.75) is 32.7 Å². The summed E-state index contributed by atoms with van der Waals surface area (Å²) < 4.78 is 2.01. The molecule has 1 aliphatic heterocycles. The first kappa shape index (κ1) is 17.7. The molecule has 1 fully saturated rings. The van der Waals surface area contributed by atoms with Crippen molar-refractivity contribution in [2.24, 2.45) is 0 Å². The molecule has 0 bridgehead atoms. The molecule has 148 valence electrons. The van der Waals surface area contributed by atoms with Crippen LogP contribution in [0.25, 0.3) is 16.9 Å². The minimum absolute atomic E-state index is 0.673. The molecule has 1 aliphatic rings. The first-order valence-corrected chi connectivity index (χ1v) is 9.90. The highest BCUT2D eigenvalue weighted by Crippen LogP contribution is 2.25. The van der Waals surface area contributed by atoms with Gasteiger partial charge in [-0.1, -0.05) is 6.42 Å². The first-order valence-electron chi connectivity index (χ1n) is 9.90. The van der Waals surface area contributed by atoms with Crippen molar-refractivity contribution < 1.29 is 0 Å². The van der Waals surface area contributed by atoms with Gasteiger partial charge in [-0.2, -0.15) is 5.10 Å². The number of H-pyrrole nitrogens is 1. The van der Waals surface area contributed by atoms with E-state index in [4.69, 9.17) is 0 Å². The monoisotopic (exact) mass is 389 g/mol. The van der Waals surface area contributed by atoms with Gasteiger partial charge < -0.3 is 5.32 Å². The number of piperidine rings is 1. The number of nitrogens with zero attached hydrogens (tertiary/aromatic N) is 7. The third kappa shape index (κ3) is 3.68. The number of rotatable bonds is 5. The number of aryl methyl sites for hydroxylation is 1. The van der Waals surface area contributed by atoms with Gasteiger partial charge in [0.2, 0.25) is 0 Å². The van der Waals surface area contributed by atoms with Crippen molar-refractivity contribution in [1.82, 2.24) is 39.4 Å². The van der Waals surface area contributed by atoms with Gasteiger partial charge in [-0.05, 0) is 32.9 Å². The van der Waals surface area contributed by atoms with Crippen molar-refractivity contribution in [1.29, 1.82) is 0 Å². The summed E-state index contributed by atoms with van der Waals surface area (Å²) in [5.41, 5.74) is 4.34. The van der Waals surface area contributed by atoms with Crippen molar-refractivity contribution in [2.75, 3.05) is 18.4 Å². The lowest BCUT2D eigenvalue weighted by molar-refractivity contribution is 0.216. The summed E-state index contributed by atoms with van der Waals surface area (Å²) in [4.78, 5) is 20.7. The topological polar surface area (TPSA) is 99.9 Å². The fourth-order valence-corrected chi connectivity index (χ4v) is 3.75. The van der Waals surface area contributed by atoms with E-state index in [0.717, 1.165) is 53.7 Å². The van der Waals surface area contributed by atoms with Crippen LogP contribution in [0.5, 0.6) is 0 Å². The van der Waals surface area contributed by atoms with E-state index in [1.165, 1.54) is 19.3 Å². The van der Waals surface area contributed by atoms with Crippen LogP contribution in [0.4, 0.5) is 11.5 Å². The molecule has 4 aromatic heterocycles. The Labute approximate surface area is 168 Å². The molecule has 9 nitrogen and oxygen atoms in total. The normalized spacial score (nSPS) is 15.1. The van der Waals surface area contributed by atoms with Crippen LogP contribution in [0.3, 0.4) is 0 Å². The van der Waals surface area contributed by atoms with E-state index in [1.807, 2.05) is 42.3 Å². The van der Waals surface area contributed by atoms with Crippen LogP contribution < -0.4 is 5.32 Å². The van der Waals surface area contributed by atoms with Crippen molar-refractivity contribution >= 4 is 17.2 Å². The Kier molecular flexibility index (Phi) is 4.65. The van der Waals surface area contributed by atoms with Gasteiger partial charge in [-0.3, -0.25) is 14.4 Å². The number of aromatic nitrogens is 7. The van der Waals surface area contributed by atoms with E-state index in [0.29, 0.717) is 5.82 Å². The molecule has 1 saturated heterocycles. The van der Waals surface area contributed by atoms with Crippen LogP contribution in [-0.2, 0) is 6.54 Å². The second-order valence-electron chi connectivity index (χ2n) is 7.40. The minimum Gasteiger partial charge on any atom is -0.335 e. The summed E-state index contributed by atoms with van der Waals surface area (Å²) in [6.45, 7) is 5.03. The number of aromatic amines is 1. The molecule has 0 amide bonds. The van der Waals surface area contributed by atoms with Crippen molar-refractivity contribution in [3.63, 3.8) is 0 Å². The largest absolute Gasteiger partial charge is 0.335 e. The summed E-state index contributed by atoms with van der Waals surface area (Å²) >= 11 is 0. The molecule has 0 aromatic carbocycles. The summed E-state index contributed by atoms with van der Waals surface area (Å²) in [7, 11) is 0. The summed E-state index contributed by atoms with van der Waals surface area (Å²) in [6, 6.07) is 0. The van der Waals surface area contributed by atoms with Gasteiger partial charge in [0.15, 0.2) is 11.5 Å². The highest BCUT2D eigenvalue weighted by Gasteiger charge is 2.14. The molecule has 0 atom stereocenters. The van der Waals surface area contributed by atoms with Gasteiger partial charge in [0.25, 0.3) is 0 Å². The van der Waals surface area contributed by atoms with Gasteiger partial charge in [0.05, 0.1) is 48.4 Å². The van der Waals surface area contributed by atoms with Gasteiger partial charge in [-0.25, -0.2) is 19.9 Å². The second-order valence-corrected chi connectivity index (χ2v) is 7.40. The Bertz CT molecular complexity index is 1090. The van der Waals surface area contributed by atoms with E-state index in [9.17, 15) is 0 Å². The molecule has 4 aromatic rings. The van der Waals surface area contributed by atoms with E-state index in [2.05, 4.69) is 40.3 Å². The molecule has 5 rings (SSSR count). The summed E-state index contributed by atoms with van der Waals surface area (Å²) in [6.07, 6.45) is 14.9. The lowest BCUT2D eigenvalue weighted by Crippen LogP contribution is -2.29. The summed E-state index contributed by atoms with van der Waals surface area (Å²) in [5.74, 6) is 1.52. The number of nitrogens with one attached hydrogen (secondary N) is 2. The number of anilines is 2. The highest BCUT2D eigenvalue weighted by molar-refractivity contribution is 5.73. The number of hydrogen-bond acceptors (Lipinski definition) is 7. The zero-order valence-electron chi connectivity index (χ0n) is 16.3. The van der Waals surface area contributed by atoms with Gasteiger partial charge in [0.1, 0.15) is 5.82 Å². The Morgan fingerprint density at radius 3 is 2.62 bits per heavy atom. The van der Waals surface area contributed by atoms with E-state index < -0.39 is 0 Å². The molecule has 5 heterocycles. The molecule has 0 spiro atoms. The van der Waals surface area contributed by atoms with Crippen LogP contribution in [0.2, 0.25) is 0 Å². The Morgan fingerprint density at radius 2 is 1.86 bits per heavy atom. The maximum Gasteiger partial charge on any atom is 0.180 e. The van der Waals surface area contributed by atoms with Crippen LogP contribution in [0.15, 0.2) is 37.2 Å². The minimum atomic E-state index is 0.673. The molecule has 0 aliphatic carbocycles. The standard InChI is InChI=1S/C20H23N9/c1-14-12-29-17(15-7-24-25-8-15)11-23-20(29)19(26-14)27-16-9-21-18(22-10-16)13-28-5-3-2-4-6-28/h7-12H,2-6,13H2,1H3,(H,24,25)(H,26,27). The fraction of sp³-hybridized carbons (Fsp3) is 0.350. The highest BCUT2D eigenvalue weighted by atomic mass is 15.2. The molecule has 0 unspecified atom stereocenters. The average Bonchev–Trinajstić information content (AvgIpc) is 3.40.